The number of hydrogen-bond donors (Lipinski definition) is 1. The Hall–Kier alpha value is -2.62. The lowest BCUT2D eigenvalue weighted by molar-refractivity contribution is -0.147. The summed E-state index contributed by atoms with van der Waals surface area (Å²) in [7, 11) is 0. The van der Waals surface area contributed by atoms with Crippen LogP contribution in [0.3, 0.4) is 0 Å². The Morgan fingerprint density at radius 2 is 1.48 bits per heavy atom. The lowest BCUT2D eigenvalue weighted by atomic mass is 10.0. The summed E-state index contributed by atoms with van der Waals surface area (Å²) in [6, 6.07) is 19.4. The van der Waals surface area contributed by atoms with Gasteiger partial charge >= 0.3 is 5.97 Å². The van der Waals surface area contributed by atoms with Crippen molar-refractivity contribution in [2.24, 2.45) is 0 Å². The number of carbonyl (C=O) groups excluding carboxylic acids is 2. The summed E-state index contributed by atoms with van der Waals surface area (Å²) in [4.78, 5) is 23.8. The first-order valence-electron chi connectivity index (χ1n) is 8.76. The van der Waals surface area contributed by atoms with Crippen molar-refractivity contribution in [2.45, 2.75) is 38.7 Å². The summed E-state index contributed by atoms with van der Waals surface area (Å²) < 4.78 is 5.71. The standard InChI is InChI=1S/C21H25NO3/c1-2-16-22-19(23)14-9-15-20(24)25-21(17-10-5-3-6-11-17)18-12-7-4-8-13-18/h3-8,10-13,21H,2,9,14-16H2,1H3,(H,22,23). The maximum atomic E-state index is 12.2. The molecule has 0 aliphatic carbocycles. The fourth-order valence-electron chi connectivity index (χ4n) is 2.52. The van der Waals surface area contributed by atoms with E-state index in [0.29, 0.717) is 19.4 Å². The Bertz CT molecular complexity index is 616. The van der Waals surface area contributed by atoms with Crippen molar-refractivity contribution in [1.29, 1.82) is 0 Å². The lowest BCUT2D eigenvalue weighted by Crippen LogP contribution is -2.23. The molecule has 0 saturated carbocycles. The zero-order valence-corrected chi connectivity index (χ0v) is 14.6. The summed E-state index contributed by atoms with van der Waals surface area (Å²) >= 11 is 0. The van der Waals surface area contributed by atoms with Gasteiger partial charge in [0.1, 0.15) is 0 Å². The Labute approximate surface area is 149 Å². The molecule has 1 N–H and O–H groups in total. The maximum absolute atomic E-state index is 12.2. The van der Waals surface area contributed by atoms with Crippen LogP contribution in [0, 0.1) is 0 Å². The molecular formula is C21H25NO3. The van der Waals surface area contributed by atoms with Gasteiger partial charge in [0.15, 0.2) is 6.10 Å². The van der Waals surface area contributed by atoms with Crippen LogP contribution in [0.4, 0.5) is 0 Å². The number of rotatable bonds is 9. The molecule has 25 heavy (non-hydrogen) atoms. The van der Waals surface area contributed by atoms with Gasteiger partial charge in [-0.25, -0.2) is 0 Å². The maximum Gasteiger partial charge on any atom is 0.306 e. The monoisotopic (exact) mass is 339 g/mol. The molecule has 0 unspecified atom stereocenters. The van der Waals surface area contributed by atoms with Gasteiger partial charge in [-0.3, -0.25) is 9.59 Å². The second-order valence-corrected chi connectivity index (χ2v) is 5.89. The van der Waals surface area contributed by atoms with Gasteiger partial charge < -0.3 is 10.1 Å². The fraction of sp³-hybridized carbons (Fsp3) is 0.333. The highest BCUT2D eigenvalue weighted by Crippen LogP contribution is 2.26. The molecule has 0 spiro atoms. The largest absolute Gasteiger partial charge is 0.453 e. The number of esters is 1. The first-order valence-corrected chi connectivity index (χ1v) is 8.76. The van der Waals surface area contributed by atoms with Crippen LogP contribution < -0.4 is 5.32 Å². The van der Waals surface area contributed by atoms with Crippen molar-refractivity contribution >= 4 is 11.9 Å². The van der Waals surface area contributed by atoms with Crippen molar-refractivity contribution in [1.82, 2.24) is 5.32 Å². The molecule has 2 aromatic rings. The highest BCUT2D eigenvalue weighted by molar-refractivity contribution is 5.77. The first-order chi connectivity index (χ1) is 12.2. The number of hydrogen-bond acceptors (Lipinski definition) is 3. The predicted molar refractivity (Wildman–Crippen MR) is 98.0 cm³/mol. The Morgan fingerprint density at radius 1 is 0.920 bits per heavy atom. The third-order valence-electron chi connectivity index (χ3n) is 3.81. The fourth-order valence-corrected chi connectivity index (χ4v) is 2.52. The van der Waals surface area contributed by atoms with Gasteiger partial charge in [-0.2, -0.15) is 0 Å². The highest BCUT2D eigenvalue weighted by atomic mass is 16.5. The van der Waals surface area contributed by atoms with Crippen LogP contribution in [-0.4, -0.2) is 18.4 Å². The highest BCUT2D eigenvalue weighted by Gasteiger charge is 2.18. The summed E-state index contributed by atoms with van der Waals surface area (Å²) in [6.45, 7) is 2.68. The van der Waals surface area contributed by atoms with E-state index in [1.54, 1.807) is 0 Å². The molecule has 4 heteroatoms. The van der Waals surface area contributed by atoms with Gasteiger partial charge in [-0.1, -0.05) is 67.6 Å². The van der Waals surface area contributed by atoms with E-state index in [2.05, 4.69) is 5.32 Å². The molecule has 2 aromatic carbocycles. The average molecular weight is 339 g/mol. The number of benzene rings is 2. The van der Waals surface area contributed by atoms with Gasteiger partial charge in [-0.15, -0.1) is 0 Å². The number of nitrogens with one attached hydrogen (secondary N) is 1. The van der Waals surface area contributed by atoms with Crippen LogP contribution in [-0.2, 0) is 14.3 Å². The second-order valence-electron chi connectivity index (χ2n) is 5.89. The van der Waals surface area contributed by atoms with Crippen LogP contribution in [0.5, 0.6) is 0 Å². The lowest BCUT2D eigenvalue weighted by Gasteiger charge is -2.19. The van der Waals surface area contributed by atoms with Crippen LogP contribution >= 0.6 is 0 Å². The molecule has 0 atom stereocenters. The van der Waals surface area contributed by atoms with E-state index in [1.807, 2.05) is 67.6 Å². The normalized spacial score (nSPS) is 10.5. The predicted octanol–water partition coefficient (Wildman–Crippen LogP) is 4.02. The van der Waals surface area contributed by atoms with Crippen LogP contribution in [0.1, 0.15) is 49.8 Å². The van der Waals surface area contributed by atoms with Crippen LogP contribution in [0.15, 0.2) is 60.7 Å². The molecular weight excluding hydrogens is 314 g/mol. The van der Waals surface area contributed by atoms with Gasteiger partial charge in [-0.05, 0) is 24.0 Å². The summed E-state index contributed by atoms with van der Waals surface area (Å²) in [5, 5.41) is 2.81. The van der Waals surface area contributed by atoms with E-state index in [-0.39, 0.29) is 18.3 Å². The van der Waals surface area contributed by atoms with Gasteiger partial charge in [0, 0.05) is 19.4 Å². The van der Waals surface area contributed by atoms with Gasteiger partial charge in [0.2, 0.25) is 5.91 Å². The van der Waals surface area contributed by atoms with Crippen molar-refractivity contribution in [3.63, 3.8) is 0 Å². The smallest absolute Gasteiger partial charge is 0.306 e. The SMILES string of the molecule is CCCNC(=O)CCCC(=O)OC(c1ccccc1)c1ccccc1. The minimum atomic E-state index is -0.427. The zero-order chi connectivity index (χ0) is 17.9. The average Bonchev–Trinajstić information content (AvgIpc) is 2.66. The summed E-state index contributed by atoms with van der Waals surface area (Å²) in [5.41, 5.74) is 1.87. The molecule has 0 aromatic heterocycles. The van der Waals surface area contributed by atoms with Crippen molar-refractivity contribution in [2.75, 3.05) is 6.54 Å². The Balaban J connectivity index is 1.93. The molecule has 4 nitrogen and oxygen atoms in total. The van der Waals surface area contributed by atoms with Crippen molar-refractivity contribution in [3.8, 4) is 0 Å². The molecule has 1 amide bonds. The molecule has 2 rings (SSSR count). The zero-order valence-electron chi connectivity index (χ0n) is 14.6. The summed E-state index contributed by atoms with van der Waals surface area (Å²) in [5.74, 6) is -0.307. The summed E-state index contributed by atoms with van der Waals surface area (Å²) in [6.07, 6.45) is 1.55. The third-order valence-corrected chi connectivity index (χ3v) is 3.81. The van der Waals surface area contributed by atoms with Crippen molar-refractivity contribution in [3.05, 3.63) is 71.8 Å². The van der Waals surface area contributed by atoms with Crippen molar-refractivity contribution < 1.29 is 14.3 Å². The van der Waals surface area contributed by atoms with E-state index in [9.17, 15) is 9.59 Å². The number of amides is 1. The van der Waals surface area contributed by atoms with E-state index < -0.39 is 6.10 Å². The Kier molecular flexibility index (Phi) is 7.70. The van der Waals surface area contributed by atoms with E-state index in [4.69, 9.17) is 4.74 Å². The number of ether oxygens (including phenoxy) is 1. The Morgan fingerprint density at radius 3 is 2.00 bits per heavy atom. The van der Waals surface area contributed by atoms with Gasteiger partial charge in [0.05, 0.1) is 0 Å². The van der Waals surface area contributed by atoms with Crippen LogP contribution in [0.2, 0.25) is 0 Å². The molecule has 0 heterocycles. The van der Waals surface area contributed by atoms with E-state index in [0.717, 1.165) is 17.5 Å². The molecule has 0 aliphatic heterocycles. The van der Waals surface area contributed by atoms with E-state index >= 15 is 0 Å². The van der Waals surface area contributed by atoms with Crippen LogP contribution in [0.25, 0.3) is 0 Å². The van der Waals surface area contributed by atoms with Gasteiger partial charge in [0.25, 0.3) is 0 Å². The minimum absolute atomic E-state index is 0.0164. The molecule has 0 bridgehead atoms. The molecule has 0 fully saturated rings. The molecule has 0 radical (unpaired) electrons. The molecule has 132 valence electrons. The first kappa shape index (κ1) is 18.7. The molecule has 0 saturated heterocycles. The molecule has 0 aliphatic rings. The topological polar surface area (TPSA) is 55.4 Å². The van der Waals surface area contributed by atoms with E-state index in [1.165, 1.54) is 0 Å². The number of carbonyl (C=O) groups is 2. The second kappa shape index (κ2) is 10.3. The third kappa shape index (κ3) is 6.42. The quantitative estimate of drug-likeness (QED) is 0.702. The minimum Gasteiger partial charge on any atom is -0.453 e.